The highest BCUT2D eigenvalue weighted by atomic mass is 32.2. The number of rotatable bonds is 4. The van der Waals surface area contributed by atoms with Crippen molar-refractivity contribution in [3.63, 3.8) is 0 Å². The number of nitrogens with one attached hydrogen (secondary N) is 1. The predicted molar refractivity (Wildman–Crippen MR) is 79.9 cm³/mol. The second-order valence-electron chi connectivity index (χ2n) is 6.12. The lowest BCUT2D eigenvalue weighted by Crippen LogP contribution is -2.48. The molecule has 21 heavy (non-hydrogen) atoms. The molecule has 1 aromatic rings. The van der Waals surface area contributed by atoms with Crippen molar-refractivity contribution in [2.75, 3.05) is 24.6 Å². The van der Waals surface area contributed by atoms with Gasteiger partial charge < -0.3 is 9.73 Å². The van der Waals surface area contributed by atoms with Gasteiger partial charge in [-0.3, -0.25) is 4.90 Å². The van der Waals surface area contributed by atoms with Crippen LogP contribution in [0.4, 0.5) is 0 Å². The van der Waals surface area contributed by atoms with Crippen LogP contribution in [-0.2, 0) is 16.4 Å². The minimum Gasteiger partial charge on any atom is -0.444 e. The molecule has 2 aliphatic heterocycles. The minimum absolute atomic E-state index is 0.0272. The number of sulfone groups is 1. The third-order valence-electron chi connectivity index (χ3n) is 4.52. The van der Waals surface area contributed by atoms with Crippen molar-refractivity contribution >= 4 is 9.84 Å². The van der Waals surface area contributed by atoms with E-state index in [0.717, 1.165) is 24.5 Å². The molecule has 1 aromatic heterocycles. The molecular formula is C14H23N3O3S. The molecule has 118 valence electrons. The van der Waals surface area contributed by atoms with Crippen molar-refractivity contribution in [1.29, 1.82) is 0 Å². The van der Waals surface area contributed by atoms with E-state index in [1.165, 1.54) is 12.8 Å². The van der Waals surface area contributed by atoms with Crippen LogP contribution in [0, 0.1) is 13.8 Å². The monoisotopic (exact) mass is 313 g/mol. The molecular weight excluding hydrogens is 290 g/mol. The van der Waals surface area contributed by atoms with Gasteiger partial charge >= 0.3 is 0 Å². The van der Waals surface area contributed by atoms with Gasteiger partial charge in [-0.2, -0.15) is 0 Å². The largest absolute Gasteiger partial charge is 0.444 e. The van der Waals surface area contributed by atoms with Crippen LogP contribution in [-0.4, -0.2) is 55.0 Å². The lowest BCUT2D eigenvalue weighted by Gasteiger charge is -2.28. The molecule has 6 nitrogen and oxygen atoms in total. The fourth-order valence-corrected chi connectivity index (χ4v) is 5.28. The lowest BCUT2D eigenvalue weighted by atomic mass is 10.1. The van der Waals surface area contributed by atoms with Crippen LogP contribution >= 0.6 is 0 Å². The van der Waals surface area contributed by atoms with E-state index in [1.807, 2.05) is 13.8 Å². The molecule has 2 fully saturated rings. The van der Waals surface area contributed by atoms with Gasteiger partial charge in [-0.1, -0.05) is 0 Å². The highest BCUT2D eigenvalue weighted by Crippen LogP contribution is 2.23. The molecule has 0 aromatic carbocycles. The standard InChI is InChI=1S/C14H23N3O3S/c1-10-11(2)20-14(16-10)7-15-12-8-21(18,19)9-13(12)17-5-3-4-6-17/h12-13,15H,3-9H2,1-2H3. The normalized spacial score (nSPS) is 29.2. The molecule has 2 atom stereocenters. The van der Waals surface area contributed by atoms with E-state index in [1.54, 1.807) is 0 Å². The molecule has 1 N–H and O–H groups in total. The van der Waals surface area contributed by atoms with Crippen molar-refractivity contribution in [1.82, 2.24) is 15.2 Å². The van der Waals surface area contributed by atoms with Crippen LogP contribution < -0.4 is 5.32 Å². The van der Waals surface area contributed by atoms with E-state index in [4.69, 9.17) is 4.42 Å². The summed E-state index contributed by atoms with van der Waals surface area (Å²) in [6, 6.07) is 0.0651. The van der Waals surface area contributed by atoms with Crippen LogP contribution in [0.5, 0.6) is 0 Å². The van der Waals surface area contributed by atoms with Gasteiger partial charge in [-0.15, -0.1) is 0 Å². The van der Waals surface area contributed by atoms with Crippen molar-refractivity contribution < 1.29 is 12.8 Å². The summed E-state index contributed by atoms with van der Waals surface area (Å²) in [6.07, 6.45) is 2.34. The summed E-state index contributed by atoms with van der Waals surface area (Å²) in [5, 5.41) is 3.34. The third kappa shape index (κ3) is 3.30. The van der Waals surface area contributed by atoms with E-state index in [-0.39, 0.29) is 23.6 Å². The van der Waals surface area contributed by atoms with E-state index in [9.17, 15) is 8.42 Å². The van der Waals surface area contributed by atoms with Gasteiger partial charge in [0, 0.05) is 12.1 Å². The predicted octanol–water partition coefficient (Wildman–Crippen LogP) is 0.642. The van der Waals surface area contributed by atoms with Crippen molar-refractivity contribution in [2.45, 2.75) is 45.3 Å². The summed E-state index contributed by atoms with van der Waals surface area (Å²) < 4.78 is 29.5. The number of nitrogens with zero attached hydrogens (tertiary/aromatic N) is 2. The number of oxazole rings is 1. The van der Waals surface area contributed by atoms with Gasteiger partial charge in [0.1, 0.15) is 5.76 Å². The Morgan fingerprint density at radius 2 is 2.00 bits per heavy atom. The Morgan fingerprint density at radius 3 is 2.62 bits per heavy atom. The topological polar surface area (TPSA) is 75.4 Å². The molecule has 0 saturated carbocycles. The van der Waals surface area contributed by atoms with Crippen molar-refractivity contribution in [3.8, 4) is 0 Å². The molecule has 2 unspecified atom stereocenters. The van der Waals surface area contributed by atoms with E-state index >= 15 is 0 Å². The number of hydrogen-bond donors (Lipinski definition) is 1. The Balaban J connectivity index is 1.67. The highest BCUT2D eigenvalue weighted by Gasteiger charge is 2.41. The second kappa shape index (κ2) is 5.70. The molecule has 0 aliphatic carbocycles. The summed E-state index contributed by atoms with van der Waals surface area (Å²) in [5.41, 5.74) is 0.891. The smallest absolute Gasteiger partial charge is 0.208 e. The maximum Gasteiger partial charge on any atom is 0.208 e. The van der Waals surface area contributed by atoms with Gasteiger partial charge in [-0.05, 0) is 39.8 Å². The highest BCUT2D eigenvalue weighted by molar-refractivity contribution is 7.91. The molecule has 2 saturated heterocycles. The Kier molecular flexibility index (Phi) is 4.07. The van der Waals surface area contributed by atoms with E-state index < -0.39 is 9.84 Å². The van der Waals surface area contributed by atoms with Crippen molar-refractivity contribution in [2.24, 2.45) is 0 Å². The van der Waals surface area contributed by atoms with Gasteiger partial charge in [-0.25, -0.2) is 13.4 Å². The van der Waals surface area contributed by atoms with Gasteiger partial charge in [0.15, 0.2) is 9.84 Å². The number of aryl methyl sites for hydroxylation is 2. The number of likely N-dealkylation sites (tertiary alicyclic amines) is 1. The van der Waals surface area contributed by atoms with Crippen LogP contribution in [0.3, 0.4) is 0 Å². The molecule has 0 bridgehead atoms. The first-order valence-electron chi connectivity index (χ1n) is 7.55. The van der Waals surface area contributed by atoms with E-state index in [0.29, 0.717) is 12.4 Å². The fourth-order valence-electron chi connectivity index (χ4n) is 3.29. The average Bonchev–Trinajstić information content (AvgIpc) is 3.08. The maximum absolute atomic E-state index is 12.0. The first-order chi connectivity index (χ1) is 9.94. The van der Waals surface area contributed by atoms with Crippen molar-refractivity contribution in [3.05, 3.63) is 17.3 Å². The minimum atomic E-state index is -2.94. The summed E-state index contributed by atoms with van der Waals surface area (Å²) >= 11 is 0. The quantitative estimate of drug-likeness (QED) is 0.879. The first-order valence-corrected chi connectivity index (χ1v) is 9.37. The summed E-state index contributed by atoms with van der Waals surface area (Å²) in [7, 11) is -2.94. The lowest BCUT2D eigenvalue weighted by molar-refractivity contribution is 0.223. The molecule has 0 amide bonds. The summed E-state index contributed by atoms with van der Waals surface area (Å²) in [5.74, 6) is 1.94. The Morgan fingerprint density at radius 1 is 1.29 bits per heavy atom. The zero-order chi connectivity index (χ0) is 15.0. The Labute approximate surface area is 125 Å². The molecule has 2 aliphatic rings. The summed E-state index contributed by atoms with van der Waals surface area (Å²) in [4.78, 5) is 6.65. The average molecular weight is 313 g/mol. The molecule has 7 heteroatoms. The first kappa shape index (κ1) is 15.0. The van der Waals surface area contributed by atoms with Crippen LogP contribution in [0.2, 0.25) is 0 Å². The Bertz CT molecular complexity index is 585. The van der Waals surface area contributed by atoms with Crippen LogP contribution in [0.1, 0.15) is 30.2 Å². The fraction of sp³-hybridized carbons (Fsp3) is 0.786. The molecule has 0 radical (unpaired) electrons. The zero-order valence-corrected chi connectivity index (χ0v) is 13.4. The van der Waals surface area contributed by atoms with Gasteiger partial charge in [0.2, 0.25) is 5.89 Å². The van der Waals surface area contributed by atoms with Gasteiger partial charge in [0.25, 0.3) is 0 Å². The van der Waals surface area contributed by atoms with E-state index in [2.05, 4.69) is 15.2 Å². The van der Waals surface area contributed by atoms with Crippen LogP contribution in [0.25, 0.3) is 0 Å². The molecule has 3 heterocycles. The van der Waals surface area contributed by atoms with Gasteiger partial charge in [0.05, 0.1) is 23.7 Å². The number of aromatic nitrogens is 1. The Hall–Kier alpha value is -0.920. The maximum atomic E-state index is 12.0. The summed E-state index contributed by atoms with van der Waals surface area (Å²) in [6.45, 7) is 6.30. The number of hydrogen-bond acceptors (Lipinski definition) is 6. The zero-order valence-electron chi connectivity index (χ0n) is 12.6. The second-order valence-corrected chi connectivity index (χ2v) is 8.28. The third-order valence-corrected chi connectivity index (χ3v) is 6.24. The van der Waals surface area contributed by atoms with Crippen LogP contribution in [0.15, 0.2) is 4.42 Å². The molecule has 0 spiro atoms. The SMILES string of the molecule is Cc1nc(CNC2CS(=O)(=O)CC2N2CCCC2)oc1C. The molecule has 3 rings (SSSR count).